The van der Waals surface area contributed by atoms with E-state index in [-0.39, 0.29) is 11.8 Å². The smallest absolute Gasteiger partial charge is 0.221 e. The Balaban J connectivity index is 2.51. The van der Waals surface area contributed by atoms with Gasteiger partial charge in [0.25, 0.3) is 0 Å². The van der Waals surface area contributed by atoms with Gasteiger partial charge in [-0.2, -0.15) is 0 Å². The Hall–Kier alpha value is -0.610. The molecule has 4 N–H and O–H groups in total. The summed E-state index contributed by atoms with van der Waals surface area (Å²) in [4.78, 5) is 13.4. The topological polar surface area (TPSA) is 72.3 Å². The summed E-state index contributed by atoms with van der Waals surface area (Å²) in [7, 11) is 0. The van der Waals surface area contributed by atoms with Gasteiger partial charge in [-0.15, -0.1) is 0 Å². The Morgan fingerprint density at radius 1 is 1.47 bits per heavy atom. The van der Waals surface area contributed by atoms with Crippen LogP contribution in [-0.4, -0.2) is 36.5 Å². The van der Waals surface area contributed by atoms with Crippen molar-refractivity contribution in [3.05, 3.63) is 0 Å². The third-order valence-electron chi connectivity index (χ3n) is 3.27. The van der Waals surface area contributed by atoms with Crippen LogP contribution < -0.4 is 11.5 Å². The average molecular weight is 213 g/mol. The molecule has 1 fully saturated rings. The molecule has 0 spiro atoms. The molecule has 1 aliphatic rings. The van der Waals surface area contributed by atoms with Gasteiger partial charge in [-0.3, -0.25) is 9.69 Å². The van der Waals surface area contributed by atoms with Crippen molar-refractivity contribution < 1.29 is 4.79 Å². The first-order valence-corrected chi connectivity index (χ1v) is 5.88. The molecule has 0 radical (unpaired) electrons. The van der Waals surface area contributed by atoms with Gasteiger partial charge >= 0.3 is 0 Å². The second kappa shape index (κ2) is 6.08. The number of hydrogen-bond donors (Lipinski definition) is 2. The average Bonchev–Trinajstić information content (AvgIpc) is 2.42. The fraction of sp³-hybridized carbons (Fsp3) is 0.909. The molecule has 1 heterocycles. The van der Waals surface area contributed by atoms with E-state index in [4.69, 9.17) is 11.5 Å². The highest BCUT2D eigenvalue weighted by Gasteiger charge is 2.22. The first kappa shape index (κ1) is 12.5. The van der Waals surface area contributed by atoms with Crippen LogP contribution in [0.5, 0.6) is 0 Å². The maximum atomic E-state index is 11.0. The maximum absolute atomic E-state index is 11.0. The normalized spacial score (nSPS) is 25.9. The Morgan fingerprint density at radius 3 is 2.80 bits per heavy atom. The molecule has 0 aromatic rings. The van der Waals surface area contributed by atoms with Gasteiger partial charge in [0.2, 0.25) is 5.91 Å². The van der Waals surface area contributed by atoms with Crippen molar-refractivity contribution in [2.75, 3.05) is 19.6 Å². The molecular weight excluding hydrogens is 190 g/mol. The fourth-order valence-corrected chi connectivity index (χ4v) is 2.19. The quantitative estimate of drug-likeness (QED) is 0.706. The standard InChI is InChI=1S/C11H23N3O/c1-9(11(13)15)8-14-6-4-2-3-5-10(14)7-12/h9-10H,2-8,12H2,1H3,(H2,13,15). The number of carbonyl (C=O) groups excluding carboxylic acids is 1. The van der Waals surface area contributed by atoms with Gasteiger partial charge < -0.3 is 11.5 Å². The van der Waals surface area contributed by atoms with E-state index in [2.05, 4.69) is 4.90 Å². The summed E-state index contributed by atoms with van der Waals surface area (Å²) < 4.78 is 0. The largest absolute Gasteiger partial charge is 0.369 e. The Kier molecular flexibility index (Phi) is 5.05. The summed E-state index contributed by atoms with van der Waals surface area (Å²) in [5, 5.41) is 0. The molecule has 2 unspecified atom stereocenters. The maximum Gasteiger partial charge on any atom is 0.221 e. The van der Waals surface area contributed by atoms with E-state index in [0.29, 0.717) is 12.6 Å². The second-order valence-electron chi connectivity index (χ2n) is 4.54. The van der Waals surface area contributed by atoms with Crippen LogP contribution in [0, 0.1) is 5.92 Å². The van der Waals surface area contributed by atoms with Crippen molar-refractivity contribution >= 4 is 5.91 Å². The van der Waals surface area contributed by atoms with E-state index in [0.717, 1.165) is 19.5 Å². The predicted octanol–water partition coefficient (Wildman–Crippen LogP) is 0.311. The zero-order chi connectivity index (χ0) is 11.3. The molecule has 2 atom stereocenters. The highest BCUT2D eigenvalue weighted by Crippen LogP contribution is 2.17. The molecule has 0 aromatic carbocycles. The van der Waals surface area contributed by atoms with E-state index in [1.807, 2.05) is 6.92 Å². The van der Waals surface area contributed by atoms with Crippen LogP contribution >= 0.6 is 0 Å². The lowest BCUT2D eigenvalue weighted by molar-refractivity contribution is -0.122. The summed E-state index contributed by atoms with van der Waals surface area (Å²) >= 11 is 0. The summed E-state index contributed by atoms with van der Waals surface area (Å²) in [6.45, 7) is 4.39. The first-order chi connectivity index (χ1) is 7.15. The van der Waals surface area contributed by atoms with Crippen molar-refractivity contribution in [3.63, 3.8) is 0 Å². The van der Waals surface area contributed by atoms with E-state index in [9.17, 15) is 4.79 Å². The molecular formula is C11H23N3O. The predicted molar refractivity (Wildman–Crippen MR) is 61.2 cm³/mol. The lowest BCUT2D eigenvalue weighted by Gasteiger charge is -2.30. The number of primary amides is 1. The molecule has 1 aliphatic heterocycles. The van der Waals surface area contributed by atoms with E-state index in [1.54, 1.807) is 0 Å². The van der Waals surface area contributed by atoms with E-state index in [1.165, 1.54) is 19.3 Å². The Morgan fingerprint density at radius 2 is 2.20 bits per heavy atom. The highest BCUT2D eigenvalue weighted by atomic mass is 16.1. The minimum Gasteiger partial charge on any atom is -0.369 e. The molecule has 4 heteroatoms. The fourth-order valence-electron chi connectivity index (χ4n) is 2.19. The number of nitrogens with two attached hydrogens (primary N) is 2. The minimum absolute atomic E-state index is 0.0721. The van der Waals surface area contributed by atoms with Crippen molar-refractivity contribution in [3.8, 4) is 0 Å². The molecule has 0 bridgehead atoms. The number of hydrogen-bond acceptors (Lipinski definition) is 3. The van der Waals surface area contributed by atoms with Crippen LogP contribution in [0.15, 0.2) is 0 Å². The zero-order valence-electron chi connectivity index (χ0n) is 9.61. The minimum atomic E-state index is -0.213. The van der Waals surface area contributed by atoms with Gasteiger partial charge in [0, 0.05) is 25.0 Å². The summed E-state index contributed by atoms with van der Waals surface area (Å²) in [5.41, 5.74) is 11.0. The van der Waals surface area contributed by atoms with E-state index < -0.39 is 0 Å². The molecule has 4 nitrogen and oxygen atoms in total. The first-order valence-electron chi connectivity index (χ1n) is 5.88. The summed E-state index contributed by atoms with van der Waals surface area (Å²) in [6, 6.07) is 0.439. The van der Waals surface area contributed by atoms with Crippen LogP contribution in [0.2, 0.25) is 0 Å². The third-order valence-corrected chi connectivity index (χ3v) is 3.27. The van der Waals surface area contributed by atoms with Gasteiger partial charge in [0.15, 0.2) is 0 Å². The number of amides is 1. The van der Waals surface area contributed by atoms with Gasteiger partial charge in [-0.05, 0) is 19.4 Å². The van der Waals surface area contributed by atoms with Gasteiger partial charge in [-0.25, -0.2) is 0 Å². The second-order valence-corrected chi connectivity index (χ2v) is 4.54. The SMILES string of the molecule is CC(CN1CCCCCC1CN)C(N)=O. The molecule has 1 rings (SSSR count). The van der Waals surface area contributed by atoms with Crippen LogP contribution in [0.3, 0.4) is 0 Å². The van der Waals surface area contributed by atoms with E-state index >= 15 is 0 Å². The van der Waals surface area contributed by atoms with Gasteiger partial charge in [0.05, 0.1) is 0 Å². The van der Waals surface area contributed by atoms with Crippen molar-refractivity contribution in [2.24, 2.45) is 17.4 Å². The Labute approximate surface area is 92.0 Å². The zero-order valence-corrected chi connectivity index (χ0v) is 9.61. The highest BCUT2D eigenvalue weighted by molar-refractivity contribution is 5.76. The molecule has 0 aliphatic carbocycles. The van der Waals surface area contributed by atoms with Crippen LogP contribution in [0.4, 0.5) is 0 Å². The number of nitrogens with zero attached hydrogens (tertiary/aromatic N) is 1. The van der Waals surface area contributed by atoms with Gasteiger partial charge in [-0.1, -0.05) is 19.8 Å². The molecule has 1 saturated heterocycles. The Bertz CT molecular complexity index is 208. The molecule has 0 saturated carbocycles. The summed E-state index contributed by atoms with van der Waals surface area (Å²) in [6.07, 6.45) is 4.89. The van der Waals surface area contributed by atoms with Crippen molar-refractivity contribution in [1.29, 1.82) is 0 Å². The molecule has 88 valence electrons. The lowest BCUT2D eigenvalue weighted by Crippen LogP contribution is -2.44. The van der Waals surface area contributed by atoms with Crippen molar-refractivity contribution in [1.82, 2.24) is 4.90 Å². The van der Waals surface area contributed by atoms with Crippen LogP contribution in [-0.2, 0) is 4.79 Å². The number of likely N-dealkylation sites (tertiary alicyclic amines) is 1. The number of rotatable bonds is 4. The molecule has 15 heavy (non-hydrogen) atoms. The van der Waals surface area contributed by atoms with Crippen LogP contribution in [0.25, 0.3) is 0 Å². The summed E-state index contributed by atoms with van der Waals surface area (Å²) in [5.74, 6) is -0.285. The molecule has 0 aromatic heterocycles. The molecule has 1 amide bonds. The van der Waals surface area contributed by atoms with Crippen molar-refractivity contribution in [2.45, 2.75) is 38.6 Å². The van der Waals surface area contributed by atoms with Gasteiger partial charge in [0.1, 0.15) is 0 Å². The monoisotopic (exact) mass is 213 g/mol. The third kappa shape index (κ3) is 3.80. The van der Waals surface area contributed by atoms with Crippen LogP contribution in [0.1, 0.15) is 32.6 Å². The number of carbonyl (C=O) groups is 1. The lowest BCUT2D eigenvalue weighted by atomic mass is 10.1.